The van der Waals surface area contributed by atoms with Gasteiger partial charge in [-0.05, 0) is 92.3 Å². The van der Waals surface area contributed by atoms with Crippen molar-refractivity contribution in [3.63, 3.8) is 0 Å². The van der Waals surface area contributed by atoms with E-state index in [9.17, 15) is 22.4 Å². The van der Waals surface area contributed by atoms with Crippen LogP contribution in [0.5, 0.6) is 0 Å². The van der Waals surface area contributed by atoms with E-state index in [1.807, 2.05) is 43.0 Å². The van der Waals surface area contributed by atoms with Crippen LogP contribution in [-0.4, -0.2) is 32.0 Å². The summed E-state index contributed by atoms with van der Waals surface area (Å²) in [6, 6.07) is 17.5. The van der Waals surface area contributed by atoms with Crippen LogP contribution in [0, 0.1) is 19.7 Å². The van der Waals surface area contributed by atoms with Crippen LogP contribution in [0.3, 0.4) is 0 Å². The van der Waals surface area contributed by atoms with Gasteiger partial charge in [0, 0.05) is 41.9 Å². The zero-order valence-electron chi connectivity index (χ0n) is 22.2. The molecule has 0 spiro atoms. The van der Waals surface area contributed by atoms with Gasteiger partial charge >= 0.3 is 6.18 Å². The molecule has 1 aliphatic heterocycles. The van der Waals surface area contributed by atoms with E-state index < -0.39 is 17.6 Å². The number of carbonyl (C=O) groups excluding carboxylic acids is 1. The van der Waals surface area contributed by atoms with Crippen LogP contribution in [-0.2, 0) is 11.0 Å². The van der Waals surface area contributed by atoms with E-state index in [1.165, 1.54) is 30.3 Å². The van der Waals surface area contributed by atoms with Gasteiger partial charge in [0.25, 0.3) is 0 Å². The van der Waals surface area contributed by atoms with Gasteiger partial charge in [0.15, 0.2) is 5.11 Å². The molecular weight excluding hydrogens is 554 g/mol. The highest BCUT2D eigenvalue weighted by atomic mass is 32.1. The van der Waals surface area contributed by atoms with Crippen LogP contribution in [0.1, 0.15) is 46.7 Å². The number of alkyl halides is 3. The van der Waals surface area contributed by atoms with Gasteiger partial charge in [-0.2, -0.15) is 13.2 Å². The Balaban J connectivity index is 1.48. The normalized spacial score (nSPS) is 17.0. The molecule has 2 N–H and O–H groups in total. The first kappa shape index (κ1) is 28.3. The van der Waals surface area contributed by atoms with Gasteiger partial charge < -0.3 is 20.1 Å². The number of carbonyl (C=O) groups is 1. The van der Waals surface area contributed by atoms with Crippen LogP contribution >= 0.6 is 12.2 Å². The molecule has 212 valence electrons. The second-order valence-corrected chi connectivity index (χ2v) is 10.2. The first-order chi connectivity index (χ1) is 19.5. The maximum Gasteiger partial charge on any atom is 0.416 e. The number of amides is 1. The van der Waals surface area contributed by atoms with Crippen molar-refractivity contribution in [3.8, 4) is 5.69 Å². The summed E-state index contributed by atoms with van der Waals surface area (Å²) >= 11 is 5.71. The number of aryl methyl sites for hydroxylation is 1. The van der Waals surface area contributed by atoms with Crippen molar-refractivity contribution in [2.45, 2.75) is 38.5 Å². The molecule has 3 heterocycles. The maximum absolute atomic E-state index is 13.5. The van der Waals surface area contributed by atoms with Gasteiger partial charge in [0.2, 0.25) is 5.91 Å². The van der Waals surface area contributed by atoms with Crippen molar-refractivity contribution in [3.05, 3.63) is 113 Å². The molecular formula is C30H27F4N5OS. The van der Waals surface area contributed by atoms with Crippen LogP contribution in [0.15, 0.2) is 79.0 Å². The highest BCUT2D eigenvalue weighted by molar-refractivity contribution is 7.80. The Bertz CT molecular complexity index is 1570. The second-order valence-electron chi connectivity index (χ2n) is 9.84. The molecule has 4 aromatic rings. The molecule has 0 radical (unpaired) electrons. The van der Waals surface area contributed by atoms with Gasteiger partial charge in [-0.15, -0.1) is 0 Å². The van der Waals surface area contributed by atoms with E-state index in [2.05, 4.69) is 15.6 Å². The van der Waals surface area contributed by atoms with Crippen LogP contribution in [0.25, 0.3) is 5.69 Å². The van der Waals surface area contributed by atoms with E-state index in [0.29, 0.717) is 16.5 Å². The van der Waals surface area contributed by atoms with Gasteiger partial charge in [0.05, 0.1) is 23.3 Å². The number of nitrogens with zero attached hydrogens (tertiary/aromatic N) is 3. The average molecular weight is 582 g/mol. The number of hydrogen-bond donors (Lipinski definition) is 2. The average Bonchev–Trinajstić information content (AvgIpc) is 3.43. The predicted octanol–water partition coefficient (Wildman–Crippen LogP) is 6.65. The van der Waals surface area contributed by atoms with E-state index in [1.54, 1.807) is 16.8 Å². The summed E-state index contributed by atoms with van der Waals surface area (Å²) in [7, 11) is 0. The van der Waals surface area contributed by atoms with E-state index in [0.717, 1.165) is 34.8 Å². The molecule has 1 aliphatic rings. The number of benzene rings is 2. The Kier molecular flexibility index (Phi) is 7.81. The number of rotatable bonds is 7. The number of aromatic nitrogens is 2. The summed E-state index contributed by atoms with van der Waals surface area (Å²) in [6.07, 6.45) is -2.69. The molecule has 2 atom stereocenters. The number of hydrogen-bond acceptors (Lipinski definition) is 3. The number of nitrogens with one attached hydrogen (secondary N) is 2. The Morgan fingerprint density at radius 1 is 1.05 bits per heavy atom. The van der Waals surface area contributed by atoms with Crippen molar-refractivity contribution >= 4 is 28.9 Å². The van der Waals surface area contributed by atoms with E-state index in [-0.39, 0.29) is 31.0 Å². The fourth-order valence-corrected chi connectivity index (χ4v) is 5.60. The summed E-state index contributed by atoms with van der Waals surface area (Å²) in [5.41, 5.74) is 3.24. The molecule has 11 heteroatoms. The van der Waals surface area contributed by atoms with Gasteiger partial charge in [0.1, 0.15) is 5.82 Å². The van der Waals surface area contributed by atoms with Crippen LogP contribution in [0.4, 0.5) is 23.2 Å². The highest BCUT2D eigenvalue weighted by Crippen LogP contribution is 2.42. The second kappa shape index (κ2) is 11.3. The monoisotopic (exact) mass is 581 g/mol. The molecule has 2 aromatic carbocycles. The molecule has 0 saturated carbocycles. The summed E-state index contributed by atoms with van der Waals surface area (Å²) < 4.78 is 55.5. The minimum absolute atomic E-state index is 0.0942. The lowest BCUT2D eigenvalue weighted by atomic mass is 9.96. The molecule has 6 nitrogen and oxygen atoms in total. The topological polar surface area (TPSA) is 62.2 Å². The first-order valence-electron chi connectivity index (χ1n) is 12.9. The molecule has 2 aromatic heterocycles. The molecule has 1 saturated heterocycles. The Morgan fingerprint density at radius 3 is 2.49 bits per heavy atom. The lowest BCUT2D eigenvalue weighted by molar-refractivity contribution is -0.137. The molecule has 0 aliphatic carbocycles. The minimum Gasteiger partial charge on any atom is -0.352 e. The van der Waals surface area contributed by atoms with E-state index >= 15 is 0 Å². The summed E-state index contributed by atoms with van der Waals surface area (Å²) in [6.45, 7) is 3.96. The standard InChI is InChI=1S/C30H27F4N5OS/c1-18-16-24(19(2)39(18)23-7-5-6-20(17-23)30(32,33)34)28-27(25-8-3-4-14-35-25)37-29(41)38(28)15-13-26(40)36-22-11-9-21(31)10-12-22/h3-12,14,16-17,27-28H,13,15H2,1-2H3,(H,36,40)(H,37,41)/t27-,28-/m0/s1. The van der Waals surface area contributed by atoms with Gasteiger partial charge in [-0.1, -0.05) is 12.1 Å². The Morgan fingerprint density at radius 2 is 1.80 bits per heavy atom. The van der Waals surface area contributed by atoms with E-state index in [4.69, 9.17) is 12.2 Å². The van der Waals surface area contributed by atoms with Crippen molar-refractivity contribution in [1.29, 1.82) is 0 Å². The summed E-state index contributed by atoms with van der Waals surface area (Å²) in [4.78, 5) is 19.2. The zero-order valence-corrected chi connectivity index (χ0v) is 23.1. The van der Waals surface area contributed by atoms with Crippen molar-refractivity contribution < 1.29 is 22.4 Å². The van der Waals surface area contributed by atoms with Crippen molar-refractivity contribution in [1.82, 2.24) is 19.8 Å². The number of thiocarbonyl (C=S) groups is 1. The zero-order chi connectivity index (χ0) is 29.3. The van der Waals surface area contributed by atoms with Crippen LogP contribution < -0.4 is 10.6 Å². The third-order valence-corrected chi connectivity index (χ3v) is 7.48. The molecule has 5 rings (SSSR count). The number of halogens is 4. The van der Waals surface area contributed by atoms with Crippen LogP contribution in [0.2, 0.25) is 0 Å². The lowest BCUT2D eigenvalue weighted by Gasteiger charge is -2.28. The molecule has 0 unspecified atom stereocenters. The maximum atomic E-state index is 13.5. The highest BCUT2D eigenvalue weighted by Gasteiger charge is 2.41. The smallest absolute Gasteiger partial charge is 0.352 e. The third kappa shape index (κ3) is 5.95. The largest absolute Gasteiger partial charge is 0.416 e. The SMILES string of the molecule is Cc1cc([C@H]2[C@H](c3ccccn3)NC(=S)N2CCC(=O)Nc2ccc(F)cc2)c(C)n1-c1cccc(C(F)(F)F)c1. The number of anilines is 1. The minimum atomic E-state index is -4.47. The predicted molar refractivity (Wildman–Crippen MR) is 152 cm³/mol. The molecule has 0 bridgehead atoms. The first-order valence-corrected chi connectivity index (χ1v) is 13.3. The molecule has 1 fully saturated rings. The summed E-state index contributed by atoms with van der Waals surface area (Å²) in [5, 5.41) is 6.54. The fourth-order valence-electron chi connectivity index (χ4n) is 5.27. The van der Waals surface area contributed by atoms with Gasteiger partial charge in [-0.25, -0.2) is 4.39 Å². The molecule has 41 heavy (non-hydrogen) atoms. The van der Waals surface area contributed by atoms with Crippen molar-refractivity contribution in [2.24, 2.45) is 0 Å². The quantitative estimate of drug-likeness (QED) is 0.189. The van der Waals surface area contributed by atoms with Crippen molar-refractivity contribution in [2.75, 3.05) is 11.9 Å². The Hall–Kier alpha value is -4.25. The fraction of sp³-hybridized carbons (Fsp3) is 0.233. The Labute approximate surface area is 240 Å². The third-order valence-electron chi connectivity index (χ3n) is 7.13. The summed E-state index contributed by atoms with van der Waals surface area (Å²) in [5.74, 6) is -0.670. The van der Waals surface area contributed by atoms with Gasteiger partial charge in [-0.3, -0.25) is 9.78 Å². The number of pyridine rings is 1. The lowest BCUT2D eigenvalue weighted by Crippen LogP contribution is -2.32. The molecule has 1 amide bonds.